The highest BCUT2D eigenvalue weighted by Gasteiger charge is 2.40. The molecule has 3 aromatic carbocycles. The van der Waals surface area contributed by atoms with Crippen molar-refractivity contribution >= 4 is 27.3 Å². The predicted octanol–water partition coefficient (Wildman–Crippen LogP) is 3.42. The van der Waals surface area contributed by atoms with E-state index in [-0.39, 0.29) is 22.8 Å². The first-order chi connectivity index (χ1) is 14.8. The Hall–Kier alpha value is -3.85. The van der Waals surface area contributed by atoms with Gasteiger partial charge in [0.2, 0.25) is 0 Å². The maximum Gasteiger partial charge on any atom is 0.376 e. The number of benzene rings is 3. The van der Waals surface area contributed by atoms with Crippen LogP contribution in [-0.4, -0.2) is 25.1 Å². The Bertz CT molecular complexity index is 1190. The van der Waals surface area contributed by atoms with Gasteiger partial charge in [-0.3, -0.25) is 14.9 Å². The van der Waals surface area contributed by atoms with Gasteiger partial charge in [0.1, 0.15) is 6.61 Å². The number of Topliss-reactive ketones (excluding diaryl/α,β-unsaturated/α-hetero) is 1. The molecule has 0 aromatic heterocycles. The second-order valence-corrected chi connectivity index (χ2v) is 8.55. The summed E-state index contributed by atoms with van der Waals surface area (Å²) in [5.74, 6) is -2.54. The standard InChI is InChI=1S/C22H17NO7S/c24-20(22(25)30-15-16-7-3-1-4-8-16)21(17-9-5-2-6-10-17)31(28,29)19-13-11-18(12-14-19)23(26)27/h1-14,21H,15H2. The van der Waals surface area contributed by atoms with Crippen LogP contribution in [0.1, 0.15) is 16.4 Å². The number of nitro benzene ring substituents is 1. The van der Waals surface area contributed by atoms with E-state index in [9.17, 15) is 28.1 Å². The van der Waals surface area contributed by atoms with Crippen molar-refractivity contribution in [2.45, 2.75) is 16.8 Å². The van der Waals surface area contributed by atoms with Gasteiger partial charge >= 0.3 is 5.97 Å². The number of ketones is 1. The Morgan fingerprint density at radius 3 is 1.97 bits per heavy atom. The van der Waals surface area contributed by atoms with Gasteiger partial charge in [0.15, 0.2) is 15.1 Å². The molecule has 0 saturated heterocycles. The van der Waals surface area contributed by atoms with Crippen LogP contribution >= 0.6 is 0 Å². The van der Waals surface area contributed by atoms with E-state index in [1.54, 1.807) is 36.4 Å². The van der Waals surface area contributed by atoms with Crippen molar-refractivity contribution in [1.29, 1.82) is 0 Å². The van der Waals surface area contributed by atoms with Crippen molar-refractivity contribution in [3.8, 4) is 0 Å². The molecule has 3 aromatic rings. The Morgan fingerprint density at radius 2 is 1.42 bits per heavy atom. The molecular weight excluding hydrogens is 422 g/mol. The van der Waals surface area contributed by atoms with Crippen LogP contribution in [0.2, 0.25) is 0 Å². The van der Waals surface area contributed by atoms with Crippen LogP contribution in [0, 0.1) is 10.1 Å². The van der Waals surface area contributed by atoms with Crippen LogP contribution < -0.4 is 0 Å². The number of non-ortho nitro benzene ring substituents is 1. The molecule has 0 heterocycles. The first-order valence-electron chi connectivity index (χ1n) is 9.09. The number of nitrogens with zero attached hydrogens (tertiary/aromatic N) is 1. The predicted molar refractivity (Wildman–Crippen MR) is 111 cm³/mol. The number of rotatable bonds is 8. The van der Waals surface area contributed by atoms with E-state index in [1.807, 2.05) is 0 Å². The molecule has 8 nitrogen and oxygen atoms in total. The van der Waals surface area contributed by atoms with Crippen LogP contribution in [0.15, 0.2) is 89.8 Å². The smallest absolute Gasteiger partial charge is 0.376 e. The Labute approximate surface area is 178 Å². The quantitative estimate of drug-likeness (QED) is 0.228. The average Bonchev–Trinajstić information content (AvgIpc) is 2.78. The summed E-state index contributed by atoms with van der Waals surface area (Å²) in [5, 5.41) is 9.00. The summed E-state index contributed by atoms with van der Waals surface area (Å²) in [5.41, 5.74) is 0.421. The minimum absolute atomic E-state index is 0.0857. The minimum Gasteiger partial charge on any atom is -0.455 e. The van der Waals surface area contributed by atoms with Crippen LogP contribution in [0.25, 0.3) is 0 Å². The summed E-state index contributed by atoms with van der Waals surface area (Å²) in [4.78, 5) is 35.2. The maximum atomic E-state index is 13.2. The number of carbonyl (C=O) groups excluding carboxylic acids is 2. The highest BCUT2D eigenvalue weighted by atomic mass is 32.2. The summed E-state index contributed by atoms with van der Waals surface area (Å²) >= 11 is 0. The molecular formula is C22H17NO7S. The number of hydrogen-bond donors (Lipinski definition) is 0. The summed E-state index contributed by atoms with van der Waals surface area (Å²) in [6, 6.07) is 20.3. The second-order valence-electron chi connectivity index (χ2n) is 6.51. The molecule has 9 heteroatoms. The van der Waals surface area contributed by atoms with Crippen molar-refractivity contribution in [3.63, 3.8) is 0 Å². The maximum absolute atomic E-state index is 13.2. The lowest BCUT2D eigenvalue weighted by molar-refractivity contribution is -0.384. The van der Waals surface area contributed by atoms with Gasteiger partial charge in [-0.25, -0.2) is 13.2 Å². The van der Waals surface area contributed by atoms with E-state index in [0.29, 0.717) is 5.56 Å². The van der Waals surface area contributed by atoms with E-state index < -0.39 is 31.8 Å². The monoisotopic (exact) mass is 439 g/mol. The molecule has 0 bridgehead atoms. The van der Waals surface area contributed by atoms with E-state index in [2.05, 4.69) is 0 Å². The number of sulfone groups is 1. The SMILES string of the molecule is O=C(OCc1ccccc1)C(=O)C(c1ccccc1)S(=O)(=O)c1ccc([N+](=O)[O-])cc1. The lowest BCUT2D eigenvalue weighted by atomic mass is 10.1. The molecule has 3 rings (SSSR count). The Morgan fingerprint density at radius 1 is 0.871 bits per heavy atom. The molecule has 0 fully saturated rings. The minimum atomic E-state index is -4.40. The molecule has 1 atom stereocenters. The van der Waals surface area contributed by atoms with Crippen LogP contribution in [0.3, 0.4) is 0 Å². The molecule has 0 aliphatic carbocycles. The molecule has 31 heavy (non-hydrogen) atoms. The van der Waals surface area contributed by atoms with Gasteiger partial charge in [0, 0.05) is 12.1 Å². The number of nitro groups is 1. The van der Waals surface area contributed by atoms with E-state index in [0.717, 1.165) is 24.3 Å². The molecule has 158 valence electrons. The zero-order valence-corrected chi connectivity index (χ0v) is 16.9. The van der Waals surface area contributed by atoms with Crippen LogP contribution in [0.4, 0.5) is 5.69 Å². The molecule has 0 amide bonds. The van der Waals surface area contributed by atoms with Gasteiger partial charge in [-0.1, -0.05) is 60.7 Å². The first-order valence-corrected chi connectivity index (χ1v) is 10.6. The number of esters is 1. The third-order valence-corrected chi connectivity index (χ3v) is 6.48. The van der Waals surface area contributed by atoms with Crippen molar-refractivity contribution in [2.24, 2.45) is 0 Å². The van der Waals surface area contributed by atoms with Crippen LogP contribution in [-0.2, 0) is 30.8 Å². The highest BCUT2D eigenvalue weighted by molar-refractivity contribution is 7.92. The third kappa shape index (κ3) is 5.01. The fraction of sp³-hybridized carbons (Fsp3) is 0.0909. The van der Waals surface area contributed by atoms with Crippen molar-refractivity contribution in [1.82, 2.24) is 0 Å². The fourth-order valence-corrected chi connectivity index (χ4v) is 4.58. The first kappa shape index (κ1) is 21.8. The van der Waals surface area contributed by atoms with Crippen molar-refractivity contribution in [3.05, 3.63) is 106 Å². The Kier molecular flexibility index (Phi) is 6.56. The molecule has 0 aliphatic heterocycles. The second kappa shape index (κ2) is 9.31. The molecule has 0 radical (unpaired) electrons. The molecule has 0 N–H and O–H groups in total. The van der Waals surface area contributed by atoms with Crippen LogP contribution in [0.5, 0.6) is 0 Å². The lowest BCUT2D eigenvalue weighted by Gasteiger charge is -2.16. The lowest BCUT2D eigenvalue weighted by Crippen LogP contribution is -2.30. The van der Waals surface area contributed by atoms with Gasteiger partial charge in [0.05, 0.1) is 9.82 Å². The molecule has 0 spiro atoms. The van der Waals surface area contributed by atoms with Crippen molar-refractivity contribution in [2.75, 3.05) is 0 Å². The number of ether oxygens (including phenoxy) is 1. The average molecular weight is 439 g/mol. The van der Waals surface area contributed by atoms with Gasteiger partial charge in [0.25, 0.3) is 11.5 Å². The summed E-state index contributed by atoms with van der Waals surface area (Å²) in [7, 11) is -4.40. The number of hydrogen-bond acceptors (Lipinski definition) is 7. The van der Waals surface area contributed by atoms with Crippen molar-refractivity contribution < 1.29 is 27.7 Å². The van der Waals surface area contributed by atoms with E-state index in [1.165, 1.54) is 24.3 Å². The zero-order valence-electron chi connectivity index (χ0n) is 16.1. The zero-order chi connectivity index (χ0) is 22.4. The number of carbonyl (C=O) groups is 2. The topological polar surface area (TPSA) is 121 Å². The summed E-state index contributed by atoms with van der Waals surface area (Å²) in [6.45, 7) is -0.190. The fourth-order valence-electron chi connectivity index (χ4n) is 2.89. The highest BCUT2D eigenvalue weighted by Crippen LogP contribution is 2.31. The van der Waals surface area contributed by atoms with Gasteiger partial charge < -0.3 is 4.74 Å². The molecule has 0 saturated carbocycles. The normalized spacial score (nSPS) is 12.0. The van der Waals surface area contributed by atoms with Gasteiger partial charge in [-0.05, 0) is 23.3 Å². The van der Waals surface area contributed by atoms with E-state index >= 15 is 0 Å². The van der Waals surface area contributed by atoms with Gasteiger partial charge in [-0.15, -0.1) is 0 Å². The molecule has 0 aliphatic rings. The summed E-state index contributed by atoms with van der Waals surface area (Å²) < 4.78 is 31.5. The Balaban J connectivity index is 1.93. The van der Waals surface area contributed by atoms with E-state index in [4.69, 9.17) is 4.74 Å². The summed E-state index contributed by atoms with van der Waals surface area (Å²) in [6.07, 6.45) is 0. The molecule has 1 unspecified atom stereocenters. The van der Waals surface area contributed by atoms with Gasteiger partial charge in [-0.2, -0.15) is 0 Å². The third-order valence-electron chi connectivity index (χ3n) is 4.44. The largest absolute Gasteiger partial charge is 0.455 e.